The van der Waals surface area contributed by atoms with Gasteiger partial charge >= 0.3 is 0 Å². The van der Waals surface area contributed by atoms with Gasteiger partial charge < -0.3 is 10.6 Å². The topological polar surface area (TPSA) is 41.6 Å². The predicted octanol–water partition coefficient (Wildman–Crippen LogP) is 3.35. The van der Waals surface area contributed by atoms with Gasteiger partial charge in [-0.15, -0.1) is 0 Å². The van der Waals surface area contributed by atoms with Gasteiger partial charge in [0.2, 0.25) is 0 Å². The lowest BCUT2D eigenvalue weighted by molar-refractivity contribution is 0.340. The number of hydrogen-bond donors (Lipinski definition) is 1. The van der Waals surface area contributed by atoms with Gasteiger partial charge in [-0.2, -0.15) is 0 Å². The summed E-state index contributed by atoms with van der Waals surface area (Å²) >= 11 is 5.87. The fraction of sp³-hybridized carbons (Fsp3) is 0.188. The van der Waals surface area contributed by atoms with Gasteiger partial charge in [0.1, 0.15) is 5.82 Å². The van der Waals surface area contributed by atoms with Crippen LogP contribution in [-0.2, 0) is 6.54 Å². The molecular weight excluding hydrogens is 289 g/mol. The molecule has 1 atom stereocenters. The van der Waals surface area contributed by atoms with Crippen molar-refractivity contribution in [1.82, 2.24) is 4.90 Å². The second-order valence-corrected chi connectivity index (χ2v) is 5.41. The van der Waals surface area contributed by atoms with Gasteiger partial charge in [-0.3, -0.25) is 4.99 Å². The Morgan fingerprint density at radius 3 is 2.71 bits per heavy atom. The standard InChI is InChI=1S/C16H15ClFN3/c17-13-8-12(6-7-14(13)18)15-9-20-16(19)21(15)10-11-4-2-1-3-5-11/h1-8,15H,9-10H2,(H2,19,20). The van der Waals surface area contributed by atoms with Gasteiger partial charge in [0, 0.05) is 6.54 Å². The minimum absolute atomic E-state index is 0.0108. The highest BCUT2D eigenvalue weighted by atomic mass is 35.5. The molecule has 1 unspecified atom stereocenters. The number of halogens is 2. The SMILES string of the molecule is NC1=NCC(c2ccc(F)c(Cl)c2)N1Cc1ccccc1. The highest BCUT2D eigenvalue weighted by Crippen LogP contribution is 2.29. The summed E-state index contributed by atoms with van der Waals surface area (Å²) in [6.45, 7) is 1.22. The van der Waals surface area contributed by atoms with Crippen molar-refractivity contribution in [2.75, 3.05) is 6.54 Å². The lowest BCUT2D eigenvalue weighted by Crippen LogP contribution is -2.35. The molecule has 3 rings (SSSR count). The van der Waals surface area contributed by atoms with E-state index in [-0.39, 0.29) is 11.1 Å². The molecule has 0 saturated carbocycles. The maximum atomic E-state index is 13.3. The summed E-state index contributed by atoms with van der Waals surface area (Å²) in [5.41, 5.74) is 8.06. The Balaban J connectivity index is 1.86. The molecule has 1 aliphatic heterocycles. The third-order valence-corrected chi connectivity index (χ3v) is 3.91. The van der Waals surface area contributed by atoms with Crippen molar-refractivity contribution in [2.45, 2.75) is 12.6 Å². The van der Waals surface area contributed by atoms with Crippen LogP contribution in [0, 0.1) is 5.82 Å². The summed E-state index contributed by atoms with van der Waals surface area (Å²) in [6, 6.07) is 14.8. The first kappa shape index (κ1) is 13.9. The molecular formula is C16H15ClFN3. The molecule has 21 heavy (non-hydrogen) atoms. The van der Waals surface area contributed by atoms with E-state index in [0.717, 1.165) is 11.1 Å². The monoisotopic (exact) mass is 303 g/mol. The number of aliphatic imine (C=N–C) groups is 1. The number of nitrogens with two attached hydrogens (primary N) is 1. The molecule has 0 aliphatic carbocycles. The van der Waals surface area contributed by atoms with E-state index in [4.69, 9.17) is 17.3 Å². The normalized spacial score (nSPS) is 17.9. The molecule has 0 radical (unpaired) electrons. The number of guanidine groups is 1. The van der Waals surface area contributed by atoms with Gasteiger partial charge in [0.05, 0.1) is 17.6 Å². The van der Waals surface area contributed by atoms with E-state index >= 15 is 0 Å². The Labute approximate surface area is 127 Å². The molecule has 0 aromatic heterocycles. The maximum Gasteiger partial charge on any atom is 0.192 e. The van der Waals surface area contributed by atoms with Crippen molar-refractivity contribution < 1.29 is 4.39 Å². The Morgan fingerprint density at radius 1 is 1.24 bits per heavy atom. The summed E-state index contributed by atoms with van der Waals surface area (Å²) in [6.07, 6.45) is 0. The maximum absolute atomic E-state index is 13.3. The van der Waals surface area contributed by atoms with Crippen LogP contribution < -0.4 is 5.73 Å². The average molecular weight is 304 g/mol. The minimum Gasteiger partial charge on any atom is -0.370 e. The Kier molecular flexibility index (Phi) is 3.80. The van der Waals surface area contributed by atoms with Crippen molar-refractivity contribution in [3.8, 4) is 0 Å². The van der Waals surface area contributed by atoms with Gasteiger partial charge in [0.15, 0.2) is 5.96 Å². The Morgan fingerprint density at radius 2 is 2.00 bits per heavy atom. The highest BCUT2D eigenvalue weighted by molar-refractivity contribution is 6.30. The first-order chi connectivity index (χ1) is 10.1. The van der Waals surface area contributed by atoms with Gasteiger partial charge in [-0.05, 0) is 23.3 Å². The highest BCUT2D eigenvalue weighted by Gasteiger charge is 2.27. The number of benzene rings is 2. The van der Waals surface area contributed by atoms with Gasteiger partial charge in [-0.25, -0.2) is 4.39 Å². The van der Waals surface area contributed by atoms with Crippen molar-refractivity contribution in [2.24, 2.45) is 10.7 Å². The quantitative estimate of drug-likeness (QED) is 0.945. The van der Waals surface area contributed by atoms with E-state index in [0.29, 0.717) is 19.0 Å². The lowest BCUT2D eigenvalue weighted by Gasteiger charge is -2.26. The second-order valence-electron chi connectivity index (χ2n) is 5.00. The van der Waals surface area contributed by atoms with Crippen LogP contribution in [0.5, 0.6) is 0 Å². The summed E-state index contributed by atoms with van der Waals surface area (Å²) in [5.74, 6) is 0.0891. The van der Waals surface area contributed by atoms with Crippen LogP contribution in [0.25, 0.3) is 0 Å². The fourth-order valence-electron chi connectivity index (χ4n) is 2.51. The van der Waals surface area contributed by atoms with Crippen LogP contribution in [0.3, 0.4) is 0 Å². The molecule has 3 nitrogen and oxygen atoms in total. The summed E-state index contributed by atoms with van der Waals surface area (Å²) in [5, 5.41) is 0.123. The second kappa shape index (κ2) is 5.74. The van der Waals surface area contributed by atoms with E-state index in [2.05, 4.69) is 4.99 Å². The third kappa shape index (κ3) is 2.85. The van der Waals surface area contributed by atoms with E-state index in [9.17, 15) is 4.39 Å². The molecule has 2 aromatic carbocycles. The van der Waals surface area contributed by atoms with Crippen molar-refractivity contribution in [3.63, 3.8) is 0 Å². The molecule has 0 spiro atoms. The van der Waals surface area contributed by atoms with Gasteiger partial charge in [-0.1, -0.05) is 48.0 Å². The third-order valence-electron chi connectivity index (χ3n) is 3.62. The van der Waals surface area contributed by atoms with Crippen molar-refractivity contribution >= 4 is 17.6 Å². The van der Waals surface area contributed by atoms with Crippen LogP contribution >= 0.6 is 11.6 Å². The summed E-state index contributed by atoms with van der Waals surface area (Å²) < 4.78 is 13.3. The Bertz CT molecular complexity index is 672. The largest absolute Gasteiger partial charge is 0.370 e. The average Bonchev–Trinajstić information content (AvgIpc) is 2.85. The van der Waals surface area contributed by atoms with Crippen molar-refractivity contribution in [1.29, 1.82) is 0 Å². The molecule has 2 aromatic rings. The molecule has 0 amide bonds. The molecule has 1 heterocycles. The lowest BCUT2D eigenvalue weighted by atomic mass is 10.1. The number of nitrogens with zero attached hydrogens (tertiary/aromatic N) is 2. The van der Waals surface area contributed by atoms with Crippen LogP contribution in [0.1, 0.15) is 17.2 Å². The molecule has 0 saturated heterocycles. The van der Waals surface area contributed by atoms with E-state index < -0.39 is 5.82 Å². The van der Waals surface area contributed by atoms with Crippen LogP contribution in [-0.4, -0.2) is 17.4 Å². The summed E-state index contributed by atoms with van der Waals surface area (Å²) in [4.78, 5) is 6.32. The van der Waals surface area contributed by atoms with Gasteiger partial charge in [0.25, 0.3) is 0 Å². The first-order valence-corrected chi connectivity index (χ1v) is 7.08. The molecule has 108 valence electrons. The zero-order valence-electron chi connectivity index (χ0n) is 11.3. The number of hydrogen-bond acceptors (Lipinski definition) is 3. The van der Waals surface area contributed by atoms with Crippen molar-refractivity contribution in [3.05, 3.63) is 70.5 Å². The molecule has 1 aliphatic rings. The predicted molar refractivity (Wildman–Crippen MR) is 82.6 cm³/mol. The smallest absolute Gasteiger partial charge is 0.192 e. The summed E-state index contributed by atoms with van der Waals surface area (Å²) in [7, 11) is 0. The fourth-order valence-corrected chi connectivity index (χ4v) is 2.69. The molecule has 0 bridgehead atoms. The Hall–Kier alpha value is -2.07. The minimum atomic E-state index is -0.415. The van der Waals surface area contributed by atoms with Crippen LogP contribution in [0.2, 0.25) is 5.02 Å². The van der Waals surface area contributed by atoms with E-state index in [1.807, 2.05) is 35.2 Å². The number of rotatable bonds is 3. The molecule has 5 heteroatoms. The zero-order valence-corrected chi connectivity index (χ0v) is 12.1. The van der Waals surface area contributed by atoms with Crippen LogP contribution in [0.15, 0.2) is 53.5 Å². The van der Waals surface area contributed by atoms with E-state index in [1.165, 1.54) is 6.07 Å². The van der Waals surface area contributed by atoms with E-state index in [1.54, 1.807) is 12.1 Å². The zero-order chi connectivity index (χ0) is 14.8. The van der Waals surface area contributed by atoms with Crippen LogP contribution in [0.4, 0.5) is 4.39 Å². The molecule has 2 N–H and O–H groups in total. The molecule has 0 fully saturated rings. The first-order valence-electron chi connectivity index (χ1n) is 6.70.